The zero-order valence-electron chi connectivity index (χ0n) is 12.0. The Kier molecular flexibility index (Phi) is 3.90. The Bertz CT molecular complexity index is 538. The lowest BCUT2D eigenvalue weighted by Gasteiger charge is -2.17. The van der Waals surface area contributed by atoms with Crippen molar-refractivity contribution in [2.24, 2.45) is 7.05 Å². The highest BCUT2D eigenvalue weighted by Gasteiger charge is 2.11. The van der Waals surface area contributed by atoms with Crippen molar-refractivity contribution < 1.29 is 0 Å². The average Bonchev–Trinajstić information content (AvgIpc) is 3.11. The maximum absolute atomic E-state index is 4.18. The molecule has 106 valence electrons. The van der Waals surface area contributed by atoms with Crippen molar-refractivity contribution in [3.05, 3.63) is 42.2 Å². The smallest absolute Gasteiger partial charge is 0.0522 e. The molecule has 4 nitrogen and oxygen atoms in total. The van der Waals surface area contributed by atoms with Crippen LogP contribution in [-0.4, -0.2) is 29.4 Å². The summed E-state index contributed by atoms with van der Waals surface area (Å²) in [5.41, 5.74) is 3.81. The van der Waals surface area contributed by atoms with Gasteiger partial charge in [-0.25, -0.2) is 0 Å². The second-order valence-corrected chi connectivity index (χ2v) is 5.44. The summed E-state index contributed by atoms with van der Waals surface area (Å²) in [5, 5.41) is 7.65. The molecular weight excluding hydrogens is 248 g/mol. The first kappa shape index (κ1) is 13.0. The molecule has 1 fully saturated rings. The van der Waals surface area contributed by atoms with Gasteiger partial charge in [0.2, 0.25) is 0 Å². The lowest BCUT2D eigenvalue weighted by atomic mass is 10.2. The van der Waals surface area contributed by atoms with Crippen LogP contribution < -0.4 is 10.2 Å². The molecule has 4 heteroatoms. The van der Waals surface area contributed by atoms with E-state index in [1.54, 1.807) is 0 Å². The van der Waals surface area contributed by atoms with E-state index in [4.69, 9.17) is 0 Å². The van der Waals surface area contributed by atoms with Crippen molar-refractivity contribution in [3.63, 3.8) is 0 Å². The third-order valence-electron chi connectivity index (χ3n) is 3.84. The topological polar surface area (TPSA) is 33.1 Å². The highest BCUT2D eigenvalue weighted by Crippen LogP contribution is 2.21. The van der Waals surface area contributed by atoms with Gasteiger partial charge in [-0.05, 0) is 49.1 Å². The molecule has 1 aliphatic heterocycles. The molecule has 1 aliphatic rings. The van der Waals surface area contributed by atoms with Gasteiger partial charge in [0.1, 0.15) is 0 Å². The molecule has 0 spiro atoms. The Hall–Kier alpha value is -1.97. The second-order valence-electron chi connectivity index (χ2n) is 5.44. The summed E-state index contributed by atoms with van der Waals surface area (Å²) in [7, 11) is 1.95. The molecule has 1 aromatic heterocycles. The van der Waals surface area contributed by atoms with Crippen molar-refractivity contribution >= 4 is 11.4 Å². The van der Waals surface area contributed by atoms with E-state index in [2.05, 4.69) is 45.8 Å². The molecule has 0 amide bonds. The number of aromatic nitrogens is 2. The quantitative estimate of drug-likeness (QED) is 0.907. The predicted molar refractivity (Wildman–Crippen MR) is 83.3 cm³/mol. The number of nitrogens with zero attached hydrogens (tertiary/aromatic N) is 3. The first-order chi connectivity index (χ1) is 9.81. The van der Waals surface area contributed by atoms with Crippen LogP contribution in [0.1, 0.15) is 18.4 Å². The van der Waals surface area contributed by atoms with E-state index < -0.39 is 0 Å². The summed E-state index contributed by atoms with van der Waals surface area (Å²) >= 11 is 0. The predicted octanol–water partition coefficient (Wildman–Crippen LogP) is 2.67. The first-order valence-electron chi connectivity index (χ1n) is 7.38. The molecule has 0 aliphatic carbocycles. The van der Waals surface area contributed by atoms with E-state index in [-0.39, 0.29) is 0 Å². The van der Waals surface area contributed by atoms with E-state index in [1.807, 2.05) is 17.9 Å². The monoisotopic (exact) mass is 270 g/mol. The zero-order valence-corrected chi connectivity index (χ0v) is 12.0. The SMILES string of the molecule is Cn1cc(CCNc2ccc(N3CCCC3)cc2)cn1. The minimum atomic E-state index is 0.939. The Labute approximate surface area is 120 Å². The Balaban J connectivity index is 1.50. The van der Waals surface area contributed by atoms with Crippen LogP contribution in [0.25, 0.3) is 0 Å². The van der Waals surface area contributed by atoms with E-state index in [1.165, 1.54) is 42.9 Å². The molecule has 0 unspecified atom stereocenters. The van der Waals surface area contributed by atoms with Crippen molar-refractivity contribution in [2.75, 3.05) is 29.9 Å². The maximum Gasteiger partial charge on any atom is 0.0522 e. The lowest BCUT2D eigenvalue weighted by molar-refractivity contribution is 0.767. The Morgan fingerprint density at radius 2 is 1.90 bits per heavy atom. The second kappa shape index (κ2) is 5.99. The van der Waals surface area contributed by atoms with E-state index in [0.717, 1.165) is 13.0 Å². The van der Waals surface area contributed by atoms with Gasteiger partial charge >= 0.3 is 0 Å². The van der Waals surface area contributed by atoms with Gasteiger partial charge in [-0.15, -0.1) is 0 Å². The fourth-order valence-electron chi connectivity index (χ4n) is 2.72. The summed E-state index contributed by atoms with van der Waals surface area (Å²) < 4.78 is 1.85. The van der Waals surface area contributed by atoms with Crippen LogP contribution >= 0.6 is 0 Å². The highest BCUT2D eigenvalue weighted by molar-refractivity contribution is 5.55. The molecule has 3 rings (SSSR count). The first-order valence-corrected chi connectivity index (χ1v) is 7.38. The summed E-state index contributed by atoms with van der Waals surface area (Å²) in [6.07, 6.45) is 7.65. The van der Waals surface area contributed by atoms with Gasteiger partial charge in [0.25, 0.3) is 0 Å². The third kappa shape index (κ3) is 3.13. The molecule has 0 bridgehead atoms. The van der Waals surface area contributed by atoms with Crippen LogP contribution in [0.2, 0.25) is 0 Å². The number of benzene rings is 1. The Morgan fingerprint density at radius 3 is 2.55 bits per heavy atom. The minimum Gasteiger partial charge on any atom is -0.385 e. The number of hydrogen-bond acceptors (Lipinski definition) is 3. The fraction of sp³-hybridized carbons (Fsp3) is 0.438. The van der Waals surface area contributed by atoms with E-state index >= 15 is 0 Å². The van der Waals surface area contributed by atoms with Crippen LogP contribution in [0.15, 0.2) is 36.7 Å². The van der Waals surface area contributed by atoms with Gasteiger partial charge in [-0.1, -0.05) is 0 Å². The van der Waals surface area contributed by atoms with Gasteiger partial charge < -0.3 is 10.2 Å². The van der Waals surface area contributed by atoms with Crippen LogP contribution in [0, 0.1) is 0 Å². The molecule has 1 saturated heterocycles. The van der Waals surface area contributed by atoms with Gasteiger partial charge in [0, 0.05) is 44.3 Å². The number of anilines is 2. The van der Waals surface area contributed by atoms with Gasteiger partial charge in [-0.2, -0.15) is 5.10 Å². The summed E-state index contributed by atoms with van der Waals surface area (Å²) in [6.45, 7) is 3.34. The molecule has 0 saturated carbocycles. The third-order valence-corrected chi connectivity index (χ3v) is 3.84. The molecule has 20 heavy (non-hydrogen) atoms. The normalized spacial score (nSPS) is 14.8. The van der Waals surface area contributed by atoms with Crippen molar-refractivity contribution in [3.8, 4) is 0 Å². The van der Waals surface area contributed by atoms with Crippen molar-refractivity contribution in [1.82, 2.24) is 9.78 Å². The summed E-state index contributed by atoms with van der Waals surface area (Å²) in [5.74, 6) is 0. The number of hydrogen-bond donors (Lipinski definition) is 1. The largest absolute Gasteiger partial charge is 0.385 e. The van der Waals surface area contributed by atoms with Gasteiger partial charge in [0.15, 0.2) is 0 Å². The molecule has 1 aromatic carbocycles. The highest BCUT2D eigenvalue weighted by atomic mass is 15.2. The molecule has 0 radical (unpaired) electrons. The average molecular weight is 270 g/mol. The number of nitrogens with one attached hydrogen (secondary N) is 1. The van der Waals surface area contributed by atoms with Crippen LogP contribution in [0.4, 0.5) is 11.4 Å². The molecule has 2 heterocycles. The zero-order chi connectivity index (χ0) is 13.8. The molecule has 1 N–H and O–H groups in total. The number of aryl methyl sites for hydroxylation is 1. The van der Waals surface area contributed by atoms with Gasteiger partial charge in [0.05, 0.1) is 6.20 Å². The van der Waals surface area contributed by atoms with Gasteiger partial charge in [-0.3, -0.25) is 4.68 Å². The Morgan fingerprint density at radius 1 is 1.15 bits per heavy atom. The standard InChI is InChI=1S/C16H22N4/c1-19-13-14(12-18-19)8-9-17-15-4-6-16(7-5-15)20-10-2-3-11-20/h4-7,12-13,17H,2-3,8-11H2,1H3. The molecule has 0 atom stereocenters. The van der Waals surface area contributed by atoms with Crippen molar-refractivity contribution in [2.45, 2.75) is 19.3 Å². The maximum atomic E-state index is 4.18. The van der Waals surface area contributed by atoms with E-state index in [0.29, 0.717) is 0 Å². The van der Waals surface area contributed by atoms with Crippen LogP contribution in [0.3, 0.4) is 0 Å². The minimum absolute atomic E-state index is 0.939. The molecule has 2 aromatic rings. The summed E-state index contributed by atoms with van der Waals surface area (Å²) in [6, 6.07) is 8.79. The number of rotatable bonds is 5. The van der Waals surface area contributed by atoms with Crippen LogP contribution in [0.5, 0.6) is 0 Å². The summed E-state index contributed by atoms with van der Waals surface area (Å²) in [4.78, 5) is 2.46. The van der Waals surface area contributed by atoms with Crippen molar-refractivity contribution in [1.29, 1.82) is 0 Å². The van der Waals surface area contributed by atoms with E-state index in [9.17, 15) is 0 Å². The van der Waals surface area contributed by atoms with Crippen LogP contribution in [-0.2, 0) is 13.5 Å². The molecular formula is C16H22N4. The fourth-order valence-corrected chi connectivity index (χ4v) is 2.72. The lowest BCUT2D eigenvalue weighted by Crippen LogP contribution is -2.17.